The fraction of sp³-hybridized carbons (Fsp3) is 0.154. The quantitative estimate of drug-likeness (QED) is 0.793. The van der Waals surface area contributed by atoms with Crippen LogP contribution < -0.4 is 11.1 Å². The van der Waals surface area contributed by atoms with Crippen molar-refractivity contribution in [3.63, 3.8) is 0 Å². The summed E-state index contributed by atoms with van der Waals surface area (Å²) in [6.07, 6.45) is 3.18. The van der Waals surface area contributed by atoms with E-state index in [1.54, 1.807) is 24.7 Å². The molecule has 0 bridgehead atoms. The third-order valence-corrected chi connectivity index (χ3v) is 2.54. The summed E-state index contributed by atoms with van der Waals surface area (Å²) in [7, 11) is 0. The van der Waals surface area contributed by atoms with Gasteiger partial charge < -0.3 is 15.5 Å². The second kappa shape index (κ2) is 4.74. The molecule has 1 aromatic heterocycles. The number of furan rings is 1. The van der Waals surface area contributed by atoms with E-state index in [1.807, 2.05) is 19.1 Å². The number of rotatable bonds is 3. The average Bonchev–Trinajstić information content (AvgIpc) is 2.82. The van der Waals surface area contributed by atoms with E-state index in [1.165, 1.54) is 0 Å². The van der Waals surface area contributed by atoms with Gasteiger partial charge in [0.25, 0.3) is 5.91 Å². The standard InChI is InChI=1S/C13H14N2O2/c1-9-2-3-11(14)6-12(9)13(16)15-7-10-4-5-17-8-10/h2-6,8H,7,14H2,1H3,(H,15,16). The summed E-state index contributed by atoms with van der Waals surface area (Å²) in [5.74, 6) is -0.129. The van der Waals surface area contributed by atoms with Gasteiger partial charge >= 0.3 is 0 Å². The zero-order valence-corrected chi connectivity index (χ0v) is 9.57. The molecule has 0 aliphatic carbocycles. The third-order valence-electron chi connectivity index (χ3n) is 2.54. The molecule has 3 N–H and O–H groups in total. The van der Waals surface area contributed by atoms with E-state index in [0.29, 0.717) is 17.8 Å². The molecule has 2 rings (SSSR count). The summed E-state index contributed by atoms with van der Waals surface area (Å²) in [5.41, 5.74) is 8.69. The highest BCUT2D eigenvalue weighted by atomic mass is 16.3. The molecule has 1 aromatic carbocycles. The maximum atomic E-state index is 11.9. The minimum Gasteiger partial charge on any atom is -0.472 e. The van der Waals surface area contributed by atoms with Crippen molar-refractivity contribution in [2.24, 2.45) is 0 Å². The maximum Gasteiger partial charge on any atom is 0.251 e. The molecule has 4 heteroatoms. The van der Waals surface area contributed by atoms with Crippen LogP contribution >= 0.6 is 0 Å². The Labute approximate surface area is 99.4 Å². The molecule has 1 heterocycles. The van der Waals surface area contributed by atoms with Crippen LogP contribution in [0.2, 0.25) is 0 Å². The summed E-state index contributed by atoms with van der Waals surface area (Å²) >= 11 is 0. The van der Waals surface area contributed by atoms with Gasteiger partial charge in [-0.15, -0.1) is 0 Å². The Bertz CT molecular complexity index is 518. The van der Waals surface area contributed by atoms with Gasteiger partial charge in [0.05, 0.1) is 12.5 Å². The van der Waals surface area contributed by atoms with Crippen LogP contribution in [0.25, 0.3) is 0 Å². The van der Waals surface area contributed by atoms with Gasteiger partial charge in [-0.05, 0) is 30.7 Å². The van der Waals surface area contributed by atoms with Crippen molar-refractivity contribution in [3.8, 4) is 0 Å². The van der Waals surface area contributed by atoms with Crippen LogP contribution in [0.5, 0.6) is 0 Å². The Morgan fingerprint density at radius 2 is 2.24 bits per heavy atom. The fourth-order valence-corrected chi connectivity index (χ4v) is 1.56. The van der Waals surface area contributed by atoms with Gasteiger partial charge in [0.2, 0.25) is 0 Å². The van der Waals surface area contributed by atoms with Crippen molar-refractivity contribution in [1.82, 2.24) is 5.32 Å². The Morgan fingerprint density at radius 3 is 2.94 bits per heavy atom. The number of carbonyl (C=O) groups is 1. The van der Waals surface area contributed by atoms with Crippen LogP contribution in [0.4, 0.5) is 5.69 Å². The van der Waals surface area contributed by atoms with Gasteiger partial charge in [0.1, 0.15) is 0 Å². The van der Waals surface area contributed by atoms with Crippen molar-refractivity contribution in [2.75, 3.05) is 5.73 Å². The van der Waals surface area contributed by atoms with Gasteiger partial charge in [-0.25, -0.2) is 0 Å². The fourth-order valence-electron chi connectivity index (χ4n) is 1.56. The average molecular weight is 230 g/mol. The van der Waals surface area contributed by atoms with Crippen LogP contribution in [0.3, 0.4) is 0 Å². The highest BCUT2D eigenvalue weighted by Gasteiger charge is 2.09. The van der Waals surface area contributed by atoms with E-state index in [-0.39, 0.29) is 5.91 Å². The number of nitrogen functional groups attached to an aromatic ring is 1. The molecule has 0 aliphatic heterocycles. The largest absolute Gasteiger partial charge is 0.472 e. The predicted molar refractivity (Wildman–Crippen MR) is 65.5 cm³/mol. The molecule has 1 amide bonds. The Morgan fingerprint density at radius 1 is 1.41 bits per heavy atom. The summed E-state index contributed by atoms with van der Waals surface area (Å²) in [5, 5.41) is 2.81. The highest BCUT2D eigenvalue weighted by molar-refractivity contribution is 5.96. The molecular formula is C13H14N2O2. The van der Waals surface area contributed by atoms with Crippen molar-refractivity contribution in [2.45, 2.75) is 13.5 Å². The first-order chi connectivity index (χ1) is 8.16. The lowest BCUT2D eigenvalue weighted by Crippen LogP contribution is -2.23. The molecule has 0 spiro atoms. The highest BCUT2D eigenvalue weighted by Crippen LogP contribution is 2.12. The smallest absolute Gasteiger partial charge is 0.251 e. The first kappa shape index (κ1) is 11.3. The van der Waals surface area contributed by atoms with Crippen LogP contribution in [-0.2, 0) is 6.54 Å². The SMILES string of the molecule is Cc1ccc(N)cc1C(=O)NCc1ccoc1. The predicted octanol–water partition coefficient (Wildman–Crippen LogP) is 2.10. The maximum absolute atomic E-state index is 11.9. The number of hydrogen-bond donors (Lipinski definition) is 2. The summed E-state index contributed by atoms with van der Waals surface area (Å²) in [4.78, 5) is 11.9. The van der Waals surface area contributed by atoms with E-state index in [9.17, 15) is 4.79 Å². The van der Waals surface area contributed by atoms with Crippen molar-refractivity contribution in [3.05, 3.63) is 53.5 Å². The number of carbonyl (C=O) groups excluding carboxylic acids is 1. The van der Waals surface area contributed by atoms with E-state index in [4.69, 9.17) is 10.2 Å². The van der Waals surface area contributed by atoms with Gasteiger partial charge in [-0.2, -0.15) is 0 Å². The first-order valence-corrected chi connectivity index (χ1v) is 5.32. The number of amides is 1. The minimum atomic E-state index is -0.129. The lowest BCUT2D eigenvalue weighted by atomic mass is 10.1. The van der Waals surface area contributed by atoms with E-state index >= 15 is 0 Å². The number of nitrogens with one attached hydrogen (secondary N) is 1. The number of hydrogen-bond acceptors (Lipinski definition) is 3. The van der Waals surface area contributed by atoms with Gasteiger partial charge in [-0.1, -0.05) is 6.07 Å². The molecule has 0 aliphatic rings. The lowest BCUT2D eigenvalue weighted by Gasteiger charge is -2.07. The number of nitrogens with two attached hydrogens (primary N) is 1. The molecule has 0 atom stereocenters. The van der Waals surface area contributed by atoms with Crippen LogP contribution in [-0.4, -0.2) is 5.91 Å². The summed E-state index contributed by atoms with van der Waals surface area (Å²) < 4.78 is 4.92. The van der Waals surface area contributed by atoms with E-state index < -0.39 is 0 Å². The van der Waals surface area contributed by atoms with Gasteiger partial charge in [0, 0.05) is 23.4 Å². The molecule has 88 valence electrons. The number of aryl methyl sites for hydroxylation is 1. The molecular weight excluding hydrogens is 216 g/mol. The van der Waals surface area contributed by atoms with Crippen molar-refractivity contribution in [1.29, 1.82) is 0 Å². The second-order valence-corrected chi connectivity index (χ2v) is 3.89. The molecule has 0 saturated carbocycles. The summed E-state index contributed by atoms with van der Waals surface area (Å²) in [6.45, 7) is 2.33. The molecule has 2 aromatic rings. The minimum absolute atomic E-state index is 0.129. The molecule has 0 unspecified atom stereocenters. The third kappa shape index (κ3) is 2.66. The molecule has 0 radical (unpaired) electrons. The Hall–Kier alpha value is -2.23. The zero-order chi connectivity index (χ0) is 12.3. The first-order valence-electron chi connectivity index (χ1n) is 5.32. The monoisotopic (exact) mass is 230 g/mol. The molecule has 0 saturated heterocycles. The summed E-state index contributed by atoms with van der Waals surface area (Å²) in [6, 6.07) is 7.11. The Balaban J connectivity index is 2.07. The Kier molecular flexibility index (Phi) is 3.14. The normalized spacial score (nSPS) is 10.2. The van der Waals surface area contributed by atoms with E-state index in [2.05, 4.69) is 5.32 Å². The lowest BCUT2D eigenvalue weighted by molar-refractivity contribution is 0.0950. The zero-order valence-electron chi connectivity index (χ0n) is 9.57. The van der Waals surface area contributed by atoms with Crippen molar-refractivity contribution < 1.29 is 9.21 Å². The molecule has 17 heavy (non-hydrogen) atoms. The molecule has 0 fully saturated rings. The van der Waals surface area contributed by atoms with Gasteiger partial charge in [0.15, 0.2) is 0 Å². The van der Waals surface area contributed by atoms with Crippen molar-refractivity contribution >= 4 is 11.6 Å². The van der Waals surface area contributed by atoms with Crippen LogP contribution in [0, 0.1) is 6.92 Å². The van der Waals surface area contributed by atoms with Gasteiger partial charge in [-0.3, -0.25) is 4.79 Å². The number of benzene rings is 1. The van der Waals surface area contributed by atoms with Crippen LogP contribution in [0.15, 0.2) is 41.2 Å². The number of anilines is 1. The molecule has 4 nitrogen and oxygen atoms in total. The van der Waals surface area contributed by atoms with Crippen LogP contribution in [0.1, 0.15) is 21.5 Å². The topological polar surface area (TPSA) is 68.3 Å². The van der Waals surface area contributed by atoms with E-state index in [0.717, 1.165) is 11.1 Å². The second-order valence-electron chi connectivity index (χ2n) is 3.89.